The van der Waals surface area contributed by atoms with Crippen molar-refractivity contribution < 1.29 is 8.78 Å². The van der Waals surface area contributed by atoms with Gasteiger partial charge in [0.15, 0.2) is 0 Å². The van der Waals surface area contributed by atoms with Crippen LogP contribution >= 0.6 is 0 Å². The first-order valence-corrected chi connectivity index (χ1v) is 7.77. The molecule has 1 rings (SSSR count). The van der Waals surface area contributed by atoms with Crippen LogP contribution in [0.25, 0.3) is 0 Å². The first kappa shape index (κ1) is 17.1. The smallest absolute Gasteiger partial charge is 0.128 e. The summed E-state index contributed by atoms with van der Waals surface area (Å²) in [5.74, 6) is -0.768. The van der Waals surface area contributed by atoms with Gasteiger partial charge in [0.05, 0.1) is 0 Å². The third-order valence-electron chi connectivity index (χ3n) is 3.80. The topological polar surface area (TPSA) is 26.0 Å². The first-order chi connectivity index (χ1) is 9.56. The lowest BCUT2D eigenvalue weighted by Gasteiger charge is -2.14. The van der Waals surface area contributed by atoms with Crippen molar-refractivity contribution in [1.29, 1.82) is 0 Å². The van der Waals surface area contributed by atoms with E-state index in [-0.39, 0.29) is 11.6 Å². The summed E-state index contributed by atoms with van der Waals surface area (Å²) in [5.41, 5.74) is 6.60. The van der Waals surface area contributed by atoms with E-state index in [9.17, 15) is 8.78 Å². The quantitative estimate of drug-likeness (QED) is 0.602. The van der Waals surface area contributed by atoms with Gasteiger partial charge in [0.25, 0.3) is 0 Å². The lowest BCUT2D eigenvalue weighted by molar-refractivity contribution is 0.512. The molecule has 1 nitrogen and oxygen atoms in total. The van der Waals surface area contributed by atoms with Crippen molar-refractivity contribution in [3.05, 3.63) is 34.9 Å². The average Bonchev–Trinajstić information content (AvgIpc) is 2.41. The van der Waals surface area contributed by atoms with Gasteiger partial charge in [-0.2, -0.15) is 0 Å². The molecule has 0 aliphatic rings. The molecule has 1 aromatic rings. The molecule has 1 aromatic carbocycles. The van der Waals surface area contributed by atoms with Gasteiger partial charge < -0.3 is 5.73 Å². The molecular formula is C17H27F2N. The zero-order valence-corrected chi connectivity index (χ0v) is 12.7. The Balaban J connectivity index is 2.32. The van der Waals surface area contributed by atoms with Crippen molar-refractivity contribution in [1.82, 2.24) is 0 Å². The molecular weight excluding hydrogens is 256 g/mol. The number of unbranched alkanes of at least 4 members (excludes halogenated alkanes) is 6. The summed E-state index contributed by atoms with van der Waals surface area (Å²) < 4.78 is 27.2. The molecule has 0 spiro atoms. The number of hydrogen-bond donors (Lipinski definition) is 1. The maximum absolute atomic E-state index is 13.7. The lowest BCUT2D eigenvalue weighted by atomic mass is 9.98. The highest BCUT2D eigenvalue weighted by molar-refractivity contribution is 5.27. The van der Waals surface area contributed by atoms with E-state index in [2.05, 4.69) is 6.92 Å². The predicted octanol–water partition coefficient (Wildman–Crippen LogP) is 5.41. The molecule has 20 heavy (non-hydrogen) atoms. The second-order valence-electron chi connectivity index (χ2n) is 5.64. The Labute approximate surface area is 121 Å². The number of hydrogen-bond acceptors (Lipinski definition) is 1. The van der Waals surface area contributed by atoms with Crippen molar-refractivity contribution in [3.63, 3.8) is 0 Å². The van der Waals surface area contributed by atoms with Crippen LogP contribution in [0.15, 0.2) is 12.1 Å². The Morgan fingerprint density at radius 2 is 1.55 bits per heavy atom. The minimum atomic E-state index is -0.402. The van der Waals surface area contributed by atoms with Crippen molar-refractivity contribution in [2.45, 2.75) is 71.3 Å². The third kappa shape index (κ3) is 5.58. The van der Waals surface area contributed by atoms with Crippen LogP contribution in [0.5, 0.6) is 0 Å². The summed E-state index contributed by atoms with van der Waals surface area (Å²) in [6.45, 7) is 3.76. The molecule has 114 valence electrons. The molecule has 2 N–H and O–H groups in total. The van der Waals surface area contributed by atoms with Crippen LogP contribution in [0.1, 0.15) is 75.5 Å². The standard InChI is InChI=1S/C17H27F2N/c1-3-4-5-6-7-8-9-10-17(20)14-12-15(18)13(2)11-16(14)19/h11-12,17H,3-10,20H2,1-2H3. The molecule has 0 fully saturated rings. The normalized spacial score (nSPS) is 12.7. The predicted molar refractivity (Wildman–Crippen MR) is 80.6 cm³/mol. The van der Waals surface area contributed by atoms with Gasteiger partial charge in [-0.25, -0.2) is 8.78 Å². The van der Waals surface area contributed by atoms with Crippen LogP contribution in [0, 0.1) is 18.6 Å². The van der Waals surface area contributed by atoms with E-state index in [0.717, 1.165) is 12.8 Å². The van der Waals surface area contributed by atoms with Gasteiger partial charge in [-0.15, -0.1) is 0 Å². The Morgan fingerprint density at radius 3 is 2.20 bits per heavy atom. The van der Waals surface area contributed by atoms with Gasteiger partial charge in [0.2, 0.25) is 0 Å². The molecule has 0 heterocycles. The van der Waals surface area contributed by atoms with Crippen molar-refractivity contribution in [3.8, 4) is 0 Å². The van der Waals surface area contributed by atoms with Gasteiger partial charge in [-0.3, -0.25) is 0 Å². The van der Waals surface area contributed by atoms with Crippen LogP contribution in [0.3, 0.4) is 0 Å². The van der Waals surface area contributed by atoms with Crippen LogP contribution < -0.4 is 5.73 Å². The van der Waals surface area contributed by atoms with E-state index in [1.165, 1.54) is 44.2 Å². The first-order valence-electron chi connectivity index (χ1n) is 7.77. The van der Waals surface area contributed by atoms with Gasteiger partial charge >= 0.3 is 0 Å². The molecule has 0 radical (unpaired) electrons. The lowest BCUT2D eigenvalue weighted by Crippen LogP contribution is -2.13. The second-order valence-corrected chi connectivity index (χ2v) is 5.64. The highest BCUT2D eigenvalue weighted by atomic mass is 19.1. The summed E-state index contributed by atoms with van der Waals surface area (Å²) in [5, 5.41) is 0. The zero-order valence-electron chi connectivity index (χ0n) is 12.7. The van der Waals surface area contributed by atoms with E-state index in [4.69, 9.17) is 5.73 Å². The summed E-state index contributed by atoms with van der Waals surface area (Å²) in [4.78, 5) is 0. The van der Waals surface area contributed by atoms with Crippen molar-refractivity contribution in [2.24, 2.45) is 5.73 Å². The highest BCUT2D eigenvalue weighted by Gasteiger charge is 2.13. The van der Waals surface area contributed by atoms with Gasteiger partial charge in [0.1, 0.15) is 11.6 Å². The zero-order chi connectivity index (χ0) is 15.0. The maximum atomic E-state index is 13.7. The maximum Gasteiger partial charge on any atom is 0.128 e. The third-order valence-corrected chi connectivity index (χ3v) is 3.80. The SMILES string of the molecule is CCCCCCCCCC(N)c1cc(F)c(C)cc1F. The molecule has 1 unspecified atom stereocenters. The van der Waals surface area contributed by atoms with Crippen LogP contribution in [0.2, 0.25) is 0 Å². The van der Waals surface area contributed by atoms with Gasteiger partial charge in [0, 0.05) is 11.6 Å². The molecule has 3 heteroatoms. The van der Waals surface area contributed by atoms with Crippen molar-refractivity contribution in [2.75, 3.05) is 0 Å². The fraction of sp³-hybridized carbons (Fsp3) is 0.647. The van der Waals surface area contributed by atoms with Gasteiger partial charge in [-0.1, -0.05) is 51.9 Å². The van der Waals surface area contributed by atoms with E-state index in [0.29, 0.717) is 17.5 Å². The Morgan fingerprint density at radius 1 is 0.950 bits per heavy atom. The Hall–Kier alpha value is -0.960. The number of rotatable bonds is 9. The minimum absolute atomic E-state index is 0.305. The fourth-order valence-electron chi connectivity index (χ4n) is 2.42. The number of benzene rings is 1. The van der Waals surface area contributed by atoms with Crippen LogP contribution in [0.4, 0.5) is 8.78 Å². The Kier molecular flexibility index (Phi) is 7.75. The molecule has 0 aromatic heterocycles. The summed E-state index contributed by atoms with van der Waals surface area (Å²) >= 11 is 0. The molecule has 0 aliphatic carbocycles. The van der Waals surface area contributed by atoms with Crippen LogP contribution in [-0.4, -0.2) is 0 Å². The summed E-state index contributed by atoms with van der Waals surface area (Å²) in [6.07, 6.45) is 9.12. The van der Waals surface area contributed by atoms with Crippen LogP contribution in [-0.2, 0) is 0 Å². The van der Waals surface area contributed by atoms with E-state index < -0.39 is 6.04 Å². The monoisotopic (exact) mass is 283 g/mol. The molecule has 0 saturated heterocycles. The average molecular weight is 283 g/mol. The molecule has 0 saturated carbocycles. The Bertz CT molecular complexity index is 404. The van der Waals surface area contributed by atoms with E-state index in [1.807, 2.05) is 0 Å². The number of halogens is 2. The molecule has 0 amide bonds. The summed E-state index contributed by atoms with van der Waals surface area (Å²) in [6, 6.07) is 2.08. The fourth-order valence-corrected chi connectivity index (χ4v) is 2.42. The molecule has 1 atom stereocenters. The molecule has 0 bridgehead atoms. The second kappa shape index (κ2) is 9.06. The minimum Gasteiger partial charge on any atom is -0.324 e. The summed E-state index contributed by atoms with van der Waals surface area (Å²) in [7, 11) is 0. The molecule has 0 aliphatic heterocycles. The van der Waals surface area contributed by atoms with Crippen molar-refractivity contribution >= 4 is 0 Å². The van der Waals surface area contributed by atoms with E-state index in [1.54, 1.807) is 6.92 Å². The number of aryl methyl sites for hydroxylation is 1. The highest BCUT2D eigenvalue weighted by Crippen LogP contribution is 2.23. The van der Waals surface area contributed by atoms with Gasteiger partial charge in [-0.05, 0) is 31.0 Å². The van der Waals surface area contributed by atoms with E-state index >= 15 is 0 Å². The number of nitrogens with two attached hydrogens (primary N) is 1. The largest absolute Gasteiger partial charge is 0.324 e.